The van der Waals surface area contributed by atoms with Gasteiger partial charge in [-0.25, -0.2) is 8.78 Å². The van der Waals surface area contributed by atoms with Gasteiger partial charge in [0.2, 0.25) is 0 Å². The molecule has 1 rings (SSSR count). The summed E-state index contributed by atoms with van der Waals surface area (Å²) in [6, 6.07) is 3.84. The molecule has 0 atom stereocenters. The minimum absolute atomic E-state index is 0.160. The summed E-state index contributed by atoms with van der Waals surface area (Å²) in [5.41, 5.74) is 0.0606. The molecule has 2 nitrogen and oxygen atoms in total. The lowest BCUT2D eigenvalue weighted by Crippen LogP contribution is -2.02. The molecule has 0 heterocycles. The van der Waals surface area contributed by atoms with E-state index in [1.165, 1.54) is 25.3 Å². The highest BCUT2D eigenvalue weighted by atomic mass is 19.3. The van der Waals surface area contributed by atoms with Crippen LogP contribution in [0.5, 0.6) is 5.75 Å². The van der Waals surface area contributed by atoms with E-state index < -0.39 is 6.43 Å². The second kappa shape index (κ2) is 4.87. The van der Waals surface area contributed by atoms with Crippen molar-refractivity contribution in [2.45, 2.75) is 19.8 Å². The van der Waals surface area contributed by atoms with Crippen molar-refractivity contribution >= 4 is 5.78 Å². The molecule has 0 N–H and O–H groups in total. The van der Waals surface area contributed by atoms with Crippen molar-refractivity contribution in [1.29, 1.82) is 0 Å². The van der Waals surface area contributed by atoms with Crippen LogP contribution >= 0.6 is 0 Å². The Hall–Kier alpha value is -1.45. The maximum absolute atomic E-state index is 12.4. The number of carbonyl (C=O) groups is 1. The molecule has 0 fully saturated rings. The van der Waals surface area contributed by atoms with Crippen molar-refractivity contribution in [3.8, 4) is 5.75 Å². The number of hydrogen-bond acceptors (Lipinski definition) is 2. The first kappa shape index (κ1) is 11.6. The Kier molecular flexibility index (Phi) is 3.77. The first-order chi connectivity index (χ1) is 7.10. The molecule has 1 aromatic carbocycles. The van der Waals surface area contributed by atoms with Crippen LogP contribution in [-0.2, 0) is 0 Å². The Morgan fingerprint density at radius 2 is 2.13 bits per heavy atom. The van der Waals surface area contributed by atoms with Crippen molar-refractivity contribution in [3.05, 3.63) is 29.3 Å². The van der Waals surface area contributed by atoms with Crippen LogP contribution in [0.15, 0.2) is 18.2 Å². The Morgan fingerprint density at radius 3 is 2.60 bits per heavy atom. The van der Waals surface area contributed by atoms with Gasteiger partial charge in [0.25, 0.3) is 6.43 Å². The topological polar surface area (TPSA) is 26.3 Å². The number of Topliss-reactive ketones (excluding diaryl/α,β-unsaturated/α-hetero) is 1. The van der Waals surface area contributed by atoms with Gasteiger partial charge < -0.3 is 4.74 Å². The van der Waals surface area contributed by atoms with Crippen LogP contribution in [0.2, 0.25) is 0 Å². The third kappa shape index (κ3) is 2.52. The number of halogens is 2. The fourth-order valence-electron chi connectivity index (χ4n) is 1.27. The monoisotopic (exact) mass is 214 g/mol. The minimum Gasteiger partial charge on any atom is -0.496 e. The molecule has 82 valence electrons. The molecule has 0 aliphatic rings. The fourth-order valence-corrected chi connectivity index (χ4v) is 1.27. The first-order valence-corrected chi connectivity index (χ1v) is 4.59. The van der Waals surface area contributed by atoms with E-state index in [0.717, 1.165) is 0 Å². The van der Waals surface area contributed by atoms with Gasteiger partial charge in [-0.2, -0.15) is 0 Å². The van der Waals surface area contributed by atoms with Gasteiger partial charge in [-0.05, 0) is 18.2 Å². The highest BCUT2D eigenvalue weighted by Crippen LogP contribution is 2.26. The third-order valence-corrected chi connectivity index (χ3v) is 2.10. The van der Waals surface area contributed by atoms with Crippen LogP contribution in [0.25, 0.3) is 0 Å². The molecule has 0 saturated carbocycles. The van der Waals surface area contributed by atoms with Crippen molar-refractivity contribution in [2.24, 2.45) is 0 Å². The average molecular weight is 214 g/mol. The Morgan fingerprint density at radius 1 is 1.47 bits per heavy atom. The molecule has 1 aromatic rings. The second-order valence-corrected chi connectivity index (χ2v) is 3.04. The van der Waals surface area contributed by atoms with Gasteiger partial charge in [0.1, 0.15) is 5.75 Å². The molecule has 15 heavy (non-hydrogen) atoms. The summed E-state index contributed by atoms with van der Waals surface area (Å²) >= 11 is 0. The summed E-state index contributed by atoms with van der Waals surface area (Å²) in [7, 11) is 1.41. The zero-order chi connectivity index (χ0) is 11.4. The number of ketones is 1. The first-order valence-electron chi connectivity index (χ1n) is 4.59. The Bertz CT molecular complexity index is 362. The summed E-state index contributed by atoms with van der Waals surface area (Å²) in [5, 5.41) is 0. The van der Waals surface area contributed by atoms with Gasteiger partial charge in [0, 0.05) is 12.0 Å². The molecule has 0 aliphatic carbocycles. The quantitative estimate of drug-likeness (QED) is 0.719. The molecule has 0 unspecified atom stereocenters. The molecular weight excluding hydrogens is 202 g/mol. The van der Waals surface area contributed by atoms with Gasteiger partial charge in [-0.3, -0.25) is 4.79 Å². The van der Waals surface area contributed by atoms with E-state index >= 15 is 0 Å². The SMILES string of the molecule is CCC(=O)c1cc(C(F)F)ccc1OC. The molecule has 0 aliphatic heterocycles. The fraction of sp³-hybridized carbons (Fsp3) is 0.364. The van der Waals surface area contributed by atoms with E-state index in [1.54, 1.807) is 6.92 Å². The normalized spacial score (nSPS) is 10.5. The van der Waals surface area contributed by atoms with Gasteiger partial charge in [-0.1, -0.05) is 6.92 Å². The molecule has 0 aromatic heterocycles. The highest BCUT2D eigenvalue weighted by Gasteiger charge is 2.15. The summed E-state index contributed by atoms with van der Waals surface area (Å²) in [4.78, 5) is 11.4. The van der Waals surface area contributed by atoms with Crippen LogP contribution in [0.3, 0.4) is 0 Å². The number of rotatable bonds is 4. The number of carbonyl (C=O) groups excluding carboxylic acids is 1. The lowest BCUT2D eigenvalue weighted by atomic mass is 10.0. The summed E-state index contributed by atoms with van der Waals surface area (Å²) in [6.07, 6.45) is -2.30. The van der Waals surface area contributed by atoms with E-state index in [2.05, 4.69) is 0 Å². The van der Waals surface area contributed by atoms with Crippen LogP contribution < -0.4 is 4.74 Å². The summed E-state index contributed by atoms with van der Waals surface area (Å²) in [5.74, 6) is 0.139. The predicted molar refractivity (Wildman–Crippen MR) is 52.6 cm³/mol. The number of ether oxygens (including phenoxy) is 1. The summed E-state index contributed by atoms with van der Waals surface area (Å²) in [6.45, 7) is 1.68. The van der Waals surface area contributed by atoms with Gasteiger partial charge >= 0.3 is 0 Å². The molecule has 0 spiro atoms. The Balaban J connectivity index is 3.19. The van der Waals surface area contributed by atoms with Crippen molar-refractivity contribution in [3.63, 3.8) is 0 Å². The molecule has 0 bridgehead atoms. The predicted octanol–water partition coefficient (Wildman–Crippen LogP) is 3.23. The van der Waals surface area contributed by atoms with Gasteiger partial charge in [-0.15, -0.1) is 0 Å². The number of alkyl halides is 2. The van der Waals surface area contributed by atoms with E-state index in [-0.39, 0.29) is 23.3 Å². The van der Waals surface area contributed by atoms with E-state index in [1.807, 2.05) is 0 Å². The van der Waals surface area contributed by atoms with E-state index in [0.29, 0.717) is 5.75 Å². The number of methoxy groups -OCH3 is 1. The van der Waals surface area contributed by atoms with Crippen molar-refractivity contribution in [1.82, 2.24) is 0 Å². The van der Waals surface area contributed by atoms with Crippen LogP contribution in [-0.4, -0.2) is 12.9 Å². The molecular formula is C11H12F2O2. The van der Waals surface area contributed by atoms with Crippen molar-refractivity contribution < 1.29 is 18.3 Å². The standard InChI is InChI=1S/C11H12F2O2/c1-3-9(14)8-6-7(11(12)13)4-5-10(8)15-2/h4-6,11H,3H2,1-2H3. The number of hydrogen-bond donors (Lipinski definition) is 0. The van der Waals surface area contributed by atoms with Crippen molar-refractivity contribution in [2.75, 3.05) is 7.11 Å². The smallest absolute Gasteiger partial charge is 0.263 e. The zero-order valence-electron chi connectivity index (χ0n) is 8.59. The maximum atomic E-state index is 12.4. The zero-order valence-corrected chi connectivity index (χ0v) is 8.59. The van der Waals surface area contributed by atoms with Crippen LogP contribution in [0.1, 0.15) is 35.7 Å². The van der Waals surface area contributed by atoms with Crippen LogP contribution in [0, 0.1) is 0 Å². The molecule has 0 saturated heterocycles. The lowest BCUT2D eigenvalue weighted by Gasteiger charge is -2.08. The van der Waals surface area contributed by atoms with E-state index in [4.69, 9.17) is 4.74 Å². The summed E-state index contributed by atoms with van der Waals surface area (Å²) < 4.78 is 29.7. The Labute approximate surface area is 86.9 Å². The molecule has 0 radical (unpaired) electrons. The third-order valence-electron chi connectivity index (χ3n) is 2.10. The van der Waals surface area contributed by atoms with Crippen LogP contribution in [0.4, 0.5) is 8.78 Å². The maximum Gasteiger partial charge on any atom is 0.263 e. The minimum atomic E-state index is -2.57. The van der Waals surface area contributed by atoms with E-state index in [9.17, 15) is 13.6 Å². The molecule has 0 amide bonds. The van der Waals surface area contributed by atoms with Gasteiger partial charge in [0.15, 0.2) is 5.78 Å². The average Bonchev–Trinajstić information content (AvgIpc) is 2.27. The highest BCUT2D eigenvalue weighted by molar-refractivity contribution is 5.98. The van der Waals surface area contributed by atoms with Gasteiger partial charge in [0.05, 0.1) is 12.7 Å². The molecule has 4 heteroatoms. The second-order valence-electron chi connectivity index (χ2n) is 3.04. The lowest BCUT2D eigenvalue weighted by molar-refractivity contribution is 0.0984. The largest absolute Gasteiger partial charge is 0.496 e. The number of benzene rings is 1.